The number of hydrogen-bond donors (Lipinski definition) is 1. The van der Waals surface area contributed by atoms with E-state index in [1.54, 1.807) is 6.07 Å². The van der Waals surface area contributed by atoms with Gasteiger partial charge in [0, 0.05) is 11.4 Å². The first kappa shape index (κ1) is 15.8. The van der Waals surface area contributed by atoms with Gasteiger partial charge in [0.15, 0.2) is 0 Å². The summed E-state index contributed by atoms with van der Waals surface area (Å²) in [5.74, 6) is 1.05. The first-order chi connectivity index (χ1) is 9.39. The standard InChI is InChI=1S/C17H24ClFO/c1-12(2)13-4-3-8-17(20,9-7-13)11-14-5-6-15(19)10-16(14)18/h5-6,10,12-13,20H,3-4,7-9,11H2,1-2H3. The highest BCUT2D eigenvalue weighted by molar-refractivity contribution is 6.31. The molecule has 0 amide bonds. The van der Waals surface area contributed by atoms with Crippen molar-refractivity contribution in [3.8, 4) is 0 Å². The minimum absolute atomic E-state index is 0.327. The summed E-state index contributed by atoms with van der Waals surface area (Å²) in [6.45, 7) is 4.51. The molecule has 2 rings (SSSR count). The van der Waals surface area contributed by atoms with Crippen molar-refractivity contribution in [2.45, 2.75) is 58.0 Å². The van der Waals surface area contributed by atoms with Gasteiger partial charge in [-0.2, -0.15) is 0 Å². The minimum atomic E-state index is -0.689. The van der Waals surface area contributed by atoms with Gasteiger partial charge in [0.1, 0.15) is 5.82 Å². The maximum atomic E-state index is 13.1. The summed E-state index contributed by atoms with van der Waals surface area (Å²) < 4.78 is 13.1. The van der Waals surface area contributed by atoms with Crippen molar-refractivity contribution in [3.63, 3.8) is 0 Å². The first-order valence-corrected chi connectivity index (χ1v) is 7.94. The van der Waals surface area contributed by atoms with Crippen LogP contribution in [0.15, 0.2) is 18.2 Å². The highest BCUT2D eigenvalue weighted by atomic mass is 35.5. The molecule has 0 heterocycles. The van der Waals surface area contributed by atoms with Gasteiger partial charge in [-0.15, -0.1) is 0 Å². The van der Waals surface area contributed by atoms with Crippen LogP contribution in [0.4, 0.5) is 4.39 Å². The first-order valence-electron chi connectivity index (χ1n) is 7.56. The van der Waals surface area contributed by atoms with Crippen LogP contribution >= 0.6 is 11.6 Å². The Balaban J connectivity index is 2.07. The van der Waals surface area contributed by atoms with Gasteiger partial charge in [-0.05, 0) is 48.8 Å². The van der Waals surface area contributed by atoms with E-state index in [0.29, 0.717) is 23.3 Å². The molecule has 0 saturated heterocycles. The SMILES string of the molecule is CC(C)C1CCCC(O)(Cc2ccc(F)cc2Cl)CC1. The van der Waals surface area contributed by atoms with Crippen LogP contribution in [-0.2, 0) is 6.42 Å². The fourth-order valence-electron chi connectivity index (χ4n) is 3.28. The third kappa shape index (κ3) is 3.95. The van der Waals surface area contributed by atoms with Gasteiger partial charge >= 0.3 is 0 Å². The number of rotatable bonds is 3. The highest BCUT2D eigenvalue weighted by Gasteiger charge is 2.32. The Morgan fingerprint density at radius 3 is 2.75 bits per heavy atom. The Morgan fingerprint density at radius 1 is 1.35 bits per heavy atom. The number of benzene rings is 1. The lowest BCUT2D eigenvalue weighted by Gasteiger charge is -2.27. The van der Waals surface area contributed by atoms with Crippen molar-refractivity contribution in [2.75, 3.05) is 0 Å². The van der Waals surface area contributed by atoms with Gasteiger partial charge in [-0.1, -0.05) is 44.4 Å². The van der Waals surface area contributed by atoms with Crippen LogP contribution in [-0.4, -0.2) is 10.7 Å². The summed E-state index contributed by atoms with van der Waals surface area (Å²) >= 11 is 6.08. The van der Waals surface area contributed by atoms with Gasteiger partial charge in [-0.25, -0.2) is 4.39 Å². The van der Waals surface area contributed by atoms with Crippen LogP contribution in [0.2, 0.25) is 5.02 Å². The second-order valence-electron chi connectivity index (χ2n) is 6.57. The summed E-state index contributed by atoms with van der Waals surface area (Å²) in [7, 11) is 0. The van der Waals surface area contributed by atoms with Crippen molar-refractivity contribution in [2.24, 2.45) is 11.8 Å². The van der Waals surface area contributed by atoms with Crippen LogP contribution in [0.25, 0.3) is 0 Å². The zero-order chi connectivity index (χ0) is 14.8. The van der Waals surface area contributed by atoms with Gasteiger partial charge < -0.3 is 5.11 Å². The molecular weight excluding hydrogens is 275 g/mol. The molecule has 0 bridgehead atoms. The Labute approximate surface area is 126 Å². The van der Waals surface area contributed by atoms with Crippen LogP contribution in [0.3, 0.4) is 0 Å². The van der Waals surface area contributed by atoms with E-state index in [1.165, 1.54) is 18.6 Å². The van der Waals surface area contributed by atoms with Crippen LogP contribution in [0, 0.1) is 17.7 Å². The zero-order valence-corrected chi connectivity index (χ0v) is 13.1. The second kappa shape index (κ2) is 6.44. The molecule has 1 N–H and O–H groups in total. The Morgan fingerprint density at radius 2 is 2.10 bits per heavy atom. The van der Waals surface area contributed by atoms with E-state index in [2.05, 4.69) is 13.8 Å². The van der Waals surface area contributed by atoms with Crippen molar-refractivity contribution in [1.82, 2.24) is 0 Å². The summed E-state index contributed by atoms with van der Waals surface area (Å²) in [6, 6.07) is 4.44. The zero-order valence-electron chi connectivity index (χ0n) is 12.3. The van der Waals surface area contributed by atoms with Crippen molar-refractivity contribution < 1.29 is 9.50 Å². The molecular formula is C17H24ClFO. The molecule has 0 aromatic heterocycles. The Kier molecular flexibility index (Phi) is 5.09. The normalized spacial score (nSPS) is 27.6. The average Bonchev–Trinajstić information content (AvgIpc) is 2.55. The molecule has 1 fully saturated rings. The summed E-state index contributed by atoms with van der Waals surface area (Å²) in [4.78, 5) is 0. The van der Waals surface area contributed by atoms with Crippen LogP contribution < -0.4 is 0 Å². The smallest absolute Gasteiger partial charge is 0.124 e. The Bertz CT molecular complexity index is 460. The molecule has 1 aromatic rings. The van der Waals surface area contributed by atoms with E-state index in [4.69, 9.17) is 11.6 Å². The van der Waals surface area contributed by atoms with Crippen LogP contribution in [0.5, 0.6) is 0 Å². The predicted molar refractivity (Wildman–Crippen MR) is 81.5 cm³/mol. The topological polar surface area (TPSA) is 20.2 Å². The monoisotopic (exact) mass is 298 g/mol. The van der Waals surface area contributed by atoms with E-state index in [-0.39, 0.29) is 5.82 Å². The van der Waals surface area contributed by atoms with E-state index < -0.39 is 5.60 Å². The van der Waals surface area contributed by atoms with Crippen molar-refractivity contribution >= 4 is 11.6 Å². The lowest BCUT2D eigenvalue weighted by Crippen LogP contribution is -2.31. The van der Waals surface area contributed by atoms with Gasteiger partial charge in [0.2, 0.25) is 0 Å². The van der Waals surface area contributed by atoms with E-state index in [0.717, 1.165) is 31.2 Å². The summed E-state index contributed by atoms with van der Waals surface area (Å²) in [6.07, 6.45) is 5.45. The van der Waals surface area contributed by atoms with Crippen molar-refractivity contribution in [1.29, 1.82) is 0 Å². The van der Waals surface area contributed by atoms with Gasteiger partial charge in [0.05, 0.1) is 5.60 Å². The average molecular weight is 299 g/mol. The predicted octanol–water partition coefficient (Wildman–Crippen LogP) is 4.99. The molecule has 20 heavy (non-hydrogen) atoms. The second-order valence-corrected chi connectivity index (χ2v) is 6.98. The van der Waals surface area contributed by atoms with E-state index in [9.17, 15) is 9.50 Å². The quantitative estimate of drug-likeness (QED) is 0.780. The van der Waals surface area contributed by atoms with E-state index >= 15 is 0 Å². The molecule has 2 unspecified atom stereocenters. The molecule has 1 aliphatic rings. The number of halogens is 2. The summed E-state index contributed by atoms with van der Waals surface area (Å²) in [5, 5.41) is 11.3. The summed E-state index contributed by atoms with van der Waals surface area (Å²) in [5.41, 5.74) is 0.157. The maximum Gasteiger partial charge on any atom is 0.124 e. The fourth-order valence-corrected chi connectivity index (χ4v) is 3.51. The molecule has 2 atom stereocenters. The third-order valence-electron chi connectivity index (χ3n) is 4.67. The molecule has 0 spiro atoms. The molecule has 3 heteroatoms. The largest absolute Gasteiger partial charge is 0.390 e. The maximum absolute atomic E-state index is 13.1. The van der Waals surface area contributed by atoms with Crippen LogP contribution in [0.1, 0.15) is 51.5 Å². The molecule has 112 valence electrons. The van der Waals surface area contributed by atoms with Gasteiger partial charge in [-0.3, -0.25) is 0 Å². The Hall–Kier alpha value is -0.600. The lowest BCUT2D eigenvalue weighted by molar-refractivity contribution is 0.0237. The number of aliphatic hydroxyl groups is 1. The fraction of sp³-hybridized carbons (Fsp3) is 0.647. The van der Waals surface area contributed by atoms with Crippen molar-refractivity contribution in [3.05, 3.63) is 34.6 Å². The highest BCUT2D eigenvalue weighted by Crippen LogP contribution is 2.36. The molecule has 0 radical (unpaired) electrons. The molecule has 1 nitrogen and oxygen atoms in total. The lowest BCUT2D eigenvalue weighted by atomic mass is 9.85. The van der Waals surface area contributed by atoms with Gasteiger partial charge in [0.25, 0.3) is 0 Å². The number of hydrogen-bond acceptors (Lipinski definition) is 1. The van der Waals surface area contributed by atoms with E-state index in [1.807, 2.05) is 0 Å². The molecule has 0 aliphatic heterocycles. The third-order valence-corrected chi connectivity index (χ3v) is 5.03. The molecule has 1 aliphatic carbocycles. The molecule has 1 aromatic carbocycles. The minimum Gasteiger partial charge on any atom is -0.390 e. The molecule has 1 saturated carbocycles.